The quantitative estimate of drug-likeness (QED) is 0.823. The highest BCUT2D eigenvalue weighted by atomic mass is 15.2. The minimum atomic E-state index is 0.874. The van der Waals surface area contributed by atoms with Crippen LogP contribution in [0.3, 0.4) is 0 Å². The third-order valence-corrected chi connectivity index (χ3v) is 5.30. The van der Waals surface area contributed by atoms with E-state index in [0.717, 1.165) is 30.3 Å². The van der Waals surface area contributed by atoms with Gasteiger partial charge in [-0.1, -0.05) is 26.7 Å². The maximum absolute atomic E-state index is 5.69. The largest absolute Gasteiger partial charge is 0.330 e. The molecule has 0 bridgehead atoms. The second-order valence-electron chi connectivity index (χ2n) is 7.37. The molecule has 0 aromatic heterocycles. The van der Waals surface area contributed by atoms with Crippen LogP contribution in [0.15, 0.2) is 0 Å². The first kappa shape index (κ1) is 15.3. The molecular weight excluding hydrogens is 232 g/mol. The van der Waals surface area contributed by atoms with Gasteiger partial charge in [0.2, 0.25) is 0 Å². The van der Waals surface area contributed by atoms with Crippen LogP contribution >= 0.6 is 0 Å². The van der Waals surface area contributed by atoms with Crippen molar-refractivity contribution in [1.29, 1.82) is 0 Å². The molecule has 2 rings (SSSR count). The van der Waals surface area contributed by atoms with Gasteiger partial charge in [-0.2, -0.15) is 0 Å². The molecule has 2 atom stereocenters. The fourth-order valence-corrected chi connectivity index (χ4v) is 4.32. The molecule has 2 N–H and O–H groups in total. The van der Waals surface area contributed by atoms with Gasteiger partial charge in [-0.05, 0) is 75.9 Å². The maximum Gasteiger partial charge on any atom is 0.00979 e. The first-order chi connectivity index (χ1) is 9.19. The Labute approximate surface area is 120 Å². The highest BCUT2D eigenvalue weighted by Crippen LogP contribution is 2.33. The Bertz CT molecular complexity index is 244. The predicted molar refractivity (Wildman–Crippen MR) is 83.2 cm³/mol. The fourth-order valence-electron chi connectivity index (χ4n) is 4.32. The normalized spacial score (nSPS) is 30.9. The van der Waals surface area contributed by atoms with Gasteiger partial charge < -0.3 is 10.6 Å². The highest BCUT2D eigenvalue weighted by Gasteiger charge is 2.29. The number of likely N-dealkylation sites (tertiary alicyclic amines) is 1. The Morgan fingerprint density at radius 3 is 2.42 bits per heavy atom. The molecule has 1 aliphatic heterocycles. The van der Waals surface area contributed by atoms with Gasteiger partial charge in [-0.25, -0.2) is 0 Å². The average molecular weight is 266 g/mol. The minimum Gasteiger partial charge on any atom is -0.330 e. The average Bonchev–Trinajstić information content (AvgIpc) is 2.39. The van der Waals surface area contributed by atoms with Crippen molar-refractivity contribution in [2.45, 2.75) is 71.3 Å². The van der Waals surface area contributed by atoms with Crippen LogP contribution in [0.4, 0.5) is 0 Å². The van der Waals surface area contributed by atoms with Crippen molar-refractivity contribution >= 4 is 0 Å². The zero-order valence-corrected chi connectivity index (χ0v) is 13.1. The molecular formula is C17H34N2. The number of rotatable bonds is 5. The summed E-state index contributed by atoms with van der Waals surface area (Å²) in [6.45, 7) is 8.31. The van der Waals surface area contributed by atoms with Gasteiger partial charge in [0.15, 0.2) is 0 Å². The molecule has 2 unspecified atom stereocenters. The van der Waals surface area contributed by atoms with Crippen LogP contribution in [-0.4, -0.2) is 30.6 Å². The number of nitrogens with two attached hydrogens (primary N) is 1. The lowest BCUT2D eigenvalue weighted by Crippen LogP contribution is -2.44. The second kappa shape index (κ2) is 7.64. The number of hydrogen-bond donors (Lipinski definition) is 1. The van der Waals surface area contributed by atoms with Gasteiger partial charge in [0, 0.05) is 6.04 Å². The van der Waals surface area contributed by atoms with E-state index in [1.165, 1.54) is 64.5 Å². The molecule has 2 nitrogen and oxygen atoms in total. The van der Waals surface area contributed by atoms with Crippen LogP contribution in [0, 0.1) is 17.8 Å². The van der Waals surface area contributed by atoms with Crippen molar-refractivity contribution in [3.63, 3.8) is 0 Å². The van der Waals surface area contributed by atoms with E-state index in [9.17, 15) is 0 Å². The van der Waals surface area contributed by atoms with E-state index in [0.29, 0.717) is 0 Å². The molecule has 0 aromatic carbocycles. The van der Waals surface area contributed by atoms with Crippen LogP contribution in [0.5, 0.6) is 0 Å². The van der Waals surface area contributed by atoms with Crippen LogP contribution in [0.2, 0.25) is 0 Å². The SMILES string of the molecule is CC(C)CC1CCCC(N2CCC(CCN)CC2)C1. The molecule has 2 heteroatoms. The van der Waals surface area contributed by atoms with E-state index >= 15 is 0 Å². The number of piperidine rings is 1. The zero-order valence-electron chi connectivity index (χ0n) is 13.1. The monoisotopic (exact) mass is 266 g/mol. The van der Waals surface area contributed by atoms with E-state index in [1.54, 1.807) is 0 Å². The van der Waals surface area contributed by atoms with Crippen molar-refractivity contribution in [2.24, 2.45) is 23.5 Å². The third kappa shape index (κ3) is 4.75. The third-order valence-electron chi connectivity index (χ3n) is 5.30. The van der Waals surface area contributed by atoms with Crippen molar-refractivity contribution < 1.29 is 0 Å². The van der Waals surface area contributed by atoms with Gasteiger partial charge >= 0.3 is 0 Å². The minimum absolute atomic E-state index is 0.874. The van der Waals surface area contributed by atoms with Gasteiger partial charge in [-0.3, -0.25) is 0 Å². The summed E-state index contributed by atoms with van der Waals surface area (Å²) in [5.74, 6) is 2.79. The molecule has 0 radical (unpaired) electrons. The van der Waals surface area contributed by atoms with Crippen LogP contribution in [0.1, 0.15) is 65.2 Å². The summed E-state index contributed by atoms with van der Waals surface area (Å²) >= 11 is 0. The lowest BCUT2D eigenvalue weighted by Gasteiger charge is -2.41. The molecule has 1 aliphatic carbocycles. The summed E-state index contributed by atoms with van der Waals surface area (Å²) in [5, 5.41) is 0. The summed E-state index contributed by atoms with van der Waals surface area (Å²) in [6.07, 6.45) is 11.3. The van der Waals surface area contributed by atoms with Crippen LogP contribution in [-0.2, 0) is 0 Å². The molecule has 112 valence electrons. The first-order valence-electron chi connectivity index (χ1n) is 8.63. The number of nitrogens with zero attached hydrogens (tertiary/aromatic N) is 1. The maximum atomic E-state index is 5.69. The Morgan fingerprint density at radius 2 is 1.79 bits per heavy atom. The van der Waals surface area contributed by atoms with Crippen LogP contribution in [0.25, 0.3) is 0 Å². The van der Waals surface area contributed by atoms with Crippen molar-refractivity contribution in [1.82, 2.24) is 4.90 Å². The molecule has 0 spiro atoms. The van der Waals surface area contributed by atoms with E-state index in [1.807, 2.05) is 0 Å². The van der Waals surface area contributed by atoms with E-state index < -0.39 is 0 Å². The lowest BCUT2D eigenvalue weighted by atomic mass is 9.79. The molecule has 1 saturated carbocycles. The van der Waals surface area contributed by atoms with Gasteiger partial charge in [0.05, 0.1) is 0 Å². The summed E-state index contributed by atoms with van der Waals surface area (Å²) < 4.78 is 0. The van der Waals surface area contributed by atoms with Gasteiger partial charge in [0.25, 0.3) is 0 Å². The van der Waals surface area contributed by atoms with Crippen molar-refractivity contribution in [3.8, 4) is 0 Å². The van der Waals surface area contributed by atoms with Crippen molar-refractivity contribution in [3.05, 3.63) is 0 Å². The number of hydrogen-bond acceptors (Lipinski definition) is 2. The highest BCUT2D eigenvalue weighted by molar-refractivity contribution is 4.84. The lowest BCUT2D eigenvalue weighted by molar-refractivity contribution is 0.0838. The van der Waals surface area contributed by atoms with E-state index in [-0.39, 0.29) is 0 Å². The van der Waals surface area contributed by atoms with E-state index in [2.05, 4.69) is 18.7 Å². The topological polar surface area (TPSA) is 29.3 Å². The zero-order chi connectivity index (χ0) is 13.7. The molecule has 19 heavy (non-hydrogen) atoms. The summed E-state index contributed by atoms with van der Waals surface area (Å²) in [7, 11) is 0. The Hall–Kier alpha value is -0.0800. The van der Waals surface area contributed by atoms with E-state index in [4.69, 9.17) is 5.73 Å². The summed E-state index contributed by atoms with van der Waals surface area (Å²) in [5.41, 5.74) is 5.69. The Balaban J connectivity index is 1.76. The smallest absolute Gasteiger partial charge is 0.00979 e. The summed E-state index contributed by atoms with van der Waals surface area (Å²) in [4.78, 5) is 2.81. The molecule has 1 saturated heterocycles. The molecule has 1 heterocycles. The fraction of sp³-hybridized carbons (Fsp3) is 1.00. The molecule has 0 aromatic rings. The Morgan fingerprint density at radius 1 is 1.05 bits per heavy atom. The standard InChI is InChI=1S/C17H34N2/c1-14(2)12-16-4-3-5-17(13-16)19-10-7-15(6-9-18)8-11-19/h14-17H,3-13,18H2,1-2H3. The van der Waals surface area contributed by atoms with Crippen LogP contribution < -0.4 is 5.73 Å². The molecule has 2 aliphatic rings. The first-order valence-corrected chi connectivity index (χ1v) is 8.63. The van der Waals surface area contributed by atoms with Gasteiger partial charge in [-0.15, -0.1) is 0 Å². The summed E-state index contributed by atoms with van der Waals surface area (Å²) in [6, 6.07) is 0.899. The second-order valence-corrected chi connectivity index (χ2v) is 7.37. The molecule has 2 fully saturated rings. The van der Waals surface area contributed by atoms with Crippen molar-refractivity contribution in [2.75, 3.05) is 19.6 Å². The Kier molecular flexibility index (Phi) is 6.15. The van der Waals surface area contributed by atoms with Gasteiger partial charge in [0.1, 0.15) is 0 Å². The predicted octanol–water partition coefficient (Wildman–Crippen LogP) is 3.65. The molecule has 0 amide bonds.